The molecule has 1 aliphatic carbocycles. The zero-order chi connectivity index (χ0) is 18.9. The number of hydrogen-bond donors (Lipinski definition) is 1. The monoisotopic (exact) mass is 405 g/mol. The summed E-state index contributed by atoms with van der Waals surface area (Å²) in [6.45, 7) is 1.67. The highest BCUT2D eigenvalue weighted by Crippen LogP contribution is 2.44. The lowest BCUT2D eigenvalue weighted by atomic mass is 9.78. The van der Waals surface area contributed by atoms with Crippen LogP contribution in [0.3, 0.4) is 0 Å². The van der Waals surface area contributed by atoms with Crippen LogP contribution in [0.2, 0.25) is 10.0 Å². The first-order chi connectivity index (χ1) is 13.1. The predicted molar refractivity (Wildman–Crippen MR) is 106 cm³/mol. The molecule has 4 rings (SSSR count). The number of rotatable bonds is 4. The van der Waals surface area contributed by atoms with E-state index in [1.54, 1.807) is 18.2 Å². The third-order valence-electron chi connectivity index (χ3n) is 5.49. The molecule has 2 aromatic carbocycles. The Morgan fingerprint density at radius 1 is 1.00 bits per heavy atom. The molecule has 27 heavy (non-hydrogen) atoms. The molecule has 1 saturated carbocycles. The molecule has 1 amide bonds. The number of fused-ring (bicyclic) bond motifs is 1. The van der Waals surface area contributed by atoms with Crippen molar-refractivity contribution in [2.24, 2.45) is 0 Å². The number of nitrogens with one attached hydrogen (secondary N) is 1. The quantitative estimate of drug-likeness (QED) is 0.777. The molecule has 1 aliphatic heterocycles. The molecule has 2 aromatic rings. The summed E-state index contributed by atoms with van der Waals surface area (Å²) in [4.78, 5) is 12.7. The first-order valence-corrected chi connectivity index (χ1v) is 9.97. The Balaban J connectivity index is 1.57. The average molecular weight is 406 g/mol. The first-order valence-electron chi connectivity index (χ1n) is 9.21. The molecule has 4 nitrogen and oxygen atoms in total. The average Bonchev–Trinajstić information content (AvgIpc) is 3.16. The number of benzene rings is 2. The Morgan fingerprint density at radius 2 is 1.67 bits per heavy atom. The SMILES string of the molecule is O=C(NCC1(c2ccc3c(c2)OCCO3)CCCC1)c1c(Cl)cccc1Cl. The number of carbonyl (C=O) groups excluding carboxylic acids is 1. The van der Waals surface area contributed by atoms with Crippen molar-refractivity contribution in [3.63, 3.8) is 0 Å². The largest absolute Gasteiger partial charge is 0.486 e. The maximum atomic E-state index is 12.7. The number of halogens is 2. The lowest BCUT2D eigenvalue weighted by Gasteiger charge is -2.31. The van der Waals surface area contributed by atoms with Gasteiger partial charge < -0.3 is 14.8 Å². The Hall–Kier alpha value is -1.91. The maximum Gasteiger partial charge on any atom is 0.254 e. The van der Waals surface area contributed by atoms with E-state index in [4.69, 9.17) is 32.7 Å². The molecule has 0 saturated heterocycles. The van der Waals surface area contributed by atoms with E-state index in [9.17, 15) is 4.79 Å². The van der Waals surface area contributed by atoms with Gasteiger partial charge in [0.15, 0.2) is 11.5 Å². The number of ether oxygens (including phenoxy) is 2. The van der Waals surface area contributed by atoms with Crippen LogP contribution in [0.25, 0.3) is 0 Å². The van der Waals surface area contributed by atoms with E-state index in [-0.39, 0.29) is 11.3 Å². The van der Waals surface area contributed by atoms with Gasteiger partial charge in [-0.05, 0) is 42.7 Å². The molecule has 0 spiro atoms. The zero-order valence-electron chi connectivity index (χ0n) is 14.9. The lowest BCUT2D eigenvalue weighted by Crippen LogP contribution is -2.39. The van der Waals surface area contributed by atoms with Crippen LogP contribution in [0.1, 0.15) is 41.6 Å². The van der Waals surface area contributed by atoms with Gasteiger partial charge >= 0.3 is 0 Å². The van der Waals surface area contributed by atoms with Gasteiger partial charge in [-0.1, -0.05) is 48.2 Å². The van der Waals surface area contributed by atoms with Gasteiger partial charge in [-0.3, -0.25) is 4.79 Å². The van der Waals surface area contributed by atoms with Crippen molar-refractivity contribution in [1.29, 1.82) is 0 Å². The van der Waals surface area contributed by atoms with Gasteiger partial charge in [0.25, 0.3) is 5.91 Å². The van der Waals surface area contributed by atoms with Crippen molar-refractivity contribution in [2.45, 2.75) is 31.1 Å². The van der Waals surface area contributed by atoms with Gasteiger partial charge in [0.2, 0.25) is 0 Å². The summed E-state index contributed by atoms with van der Waals surface area (Å²) in [5.41, 5.74) is 1.39. The van der Waals surface area contributed by atoms with Crippen molar-refractivity contribution in [3.8, 4) is 11.5 Å². The zero-order valence-corrected chi connectivity index (χ0v) is 16.4. The highest BCUT2D eigenvalue weighted by Gasteiger charge is 2.37. The number of amides is 1. The summed E-state index contributed by atoms with van der Waals surface area (Å²) in [5, 5.41) is 3.78. The van der Waals surface area contributed by atoms with Gasteiger partial charge in [-0.2, -0.15) is 0 Å². The third kappa shape index (κ3) is 3.61. The molecular weight excluding hydrogens is 385 g/mol. The minimum atomic E-state index is -0.241. The van der Waals surface area contributed by atoms with Crippen LogP contribution < -0.4 is 14.8 Å². The molecule has 0 radical (unpaired) electrons. The number of hydrogen-bond acceptors (Lipinski definition) is 3. The minimum absolute atomic E-state index is 0.112. The molecular formula is C21H21Cl2NO3. The van der Waals surface area contributed by atoms with E-state index >= 15 is 0 Å². The van der Waals surface area contributed by atoms with E-state index in [0.29, 0.717) is 35.4 Å². The summed E-state index contributed by atoms with van der Waals surface area (Å²) in [6.07, 6.45) is 4.31. The molecule has 0 bridgehead atoms. The summed E-state index contributed by atoms with van der Waals surface area (Å²) in [6, 6.07) is 11.2. The van der Waals surface area contributed by atoms with E-state index in [1.165, 1.54) is 5.56 Å². The molecule has 1 N–H and O–H groups in total. The highest BCUT2D eigenvalue weighted by molar-refractivity contribution is 6.39. The van der Waals surface area contributed by atoms with Gasteiger partial charge in [0.05, 0.1) is 15.6 Å². The molecule has 1 heterocycles. The Morgan fingerprint density at radius 3 is 2.37 bits per heavy atom. The molecule has 1 fully saturated rings. The molecule has 0 aromatic heterocycles. The normalized spacial score (nSPS) is 17.6. The topological polar surface area (TPSA) is 47.6 Å². The molecule has 0 unspecified atom stereocenters. The molecule has 2 aliphatic rings. The van der Waals surface area contributed by atoms with E-state index in [1.807, 2.05) is 6.07 Å². The Bertz CT molecular complexity index is 842. The van der Waals surface area contributed by atoms with Crippen LogP contribution in [-0.4, -0.2) is 25.7 Å². The van der Waals surface area contributed by atoms with Gasteiger partial charge in [-0.15, -0.1) is 0 Å². The molecule has 0 atom stereocenters. The second kappa shape index (κ2) is 7.61. The second-order valence-electron chi connectivity index (χ2n) is 7.13. The van der Waals surface area contributed by atoms with Crippen LogP contribution in [0, 0.1) is 0 Å². The first kappa shape index (κ1) is 18.5. The van der Waals surface area contributed by atoms with Gasteiger partial charge in [0, 0.05) is 12.0 Å². The fraction of sp³-hybridized carbons (Fsp3) is 0.381. The highest BCUT2D eigenvalue weighted by atomic mass is 35.5. The van der Waals surface area contributed by atoms with Crippen LogP contribution in [-0.2, 0) is 5.41 Å². The standard InChI is InChI=1S/C21H21Cl2NO3/c22-15-4-3-5-16(23)19(15)20(25)24-13-21(8-1-2-9-21)14-6-7-17-18(12-14)27-11-10-26-17/h3-7,12H,1-2,8-11,13H2,(H,24,25). The van der Waals surface area contributed by atoms with E-state index < -0.39 is 0 Å². The van der Waals surface area contributed by atoms with E-state index in [2.05, 4.69) is 17.4 Å². The number of carbonyl (C=O) groups is 1. The summed E-state index contributed by atoms with van der Waals surface area (Å²) < 4.78 is 11.4. The van der Waals surface area contributed by atoms with Gasteiger partial charge in [0.1, 0.15) is 13.2 Å². The van der Waals surface area contributed by atoms with Crippen LogP contribution >= 0.6 is 23.2 Å². The Kier molecular flexibility index (Phi) is 5.20. The van der Waals surface area contributed by atoms with Crippen molar-refractivity contribution in [2.75, 3.05) is 19.8 Å². The van der Waals surface area contributed by atoms with Crippen molar-refractivity contribution in [1.82, 2.24) is 5.32 Å². The smallest absolute Gasteiger partial charge is 0.254 e. The van der Waals surface area contributed by atoms with Crippen molar-refractivity contribution in [3.05, 3.63) is 57.6 Å². The predicted octanol–water partition coefficient (Wildman–Crippen LogP) is 5.01. The second-order valence-corrected chi connectivity index (χ2v) is 7.94. The maximum absolute atomic E-state index is 12.7. The fourth-order valence-corrected chi connectivity index (χ4v) is 4.61. The molecule has 142 valence electrons. The van der Waals surface area contributed by atoms with Crippen LogP contribution in [0.15, 0.2) is 36.4 Å². The summed E-state index contributed by atoms with van der Waals surface area (Å²) in [5.74, 6) is 1.32. The Labute approximate surface area is 168 Å². The third-order valence-corrected chi connectivity index (χ3v) is 6.12. The van der Waals surface area contributed by atoms with E-state index in [0.717, 1.165) is 37.2 Å². The molecule has 6 heteroatoms. The fourth-order valence-electron chi connectivity index (χ4n) is 4.05. The van der Waals surface area contributed by atoms with Gasteiger partial charge in [-0.25, -0.2) is 0 Å². The summed E-state index contributed by atoms with van der Waals surface area (Å²) in [7, 11) is 0. The van der Waals surface area contributed by atoms with Crippen molar-refractivity contribution < 1.29 is 14.3 Å². The lowest BCUT2D eigenvalue weighted by molar-refractivity contribution is 0.0943. The van der Waals surface area contributed by atoms with Crippen molar-refractivity contribution >= 4 is 29.1 Å². The van der Waals surface area contributed by atoms with Crippen LogP contribution in [0.4, 0.5) is 0 Å². The van der Waals surface area contributed by atoms with Crippen LogP contribution in [0.5, 0.6) is 11.5 Å². The summed E-state index contributed by atoms with van der Waals surface area (Å²) >= 11 is 12.4. The minimum Gasteiger partial charge on any atom is -0.486 e.